The van der Waals surface area contributed by atoms with E-state index in [1.165, 1.54) is 5.57 Å². The van der Waals surface area contributed by atoms with Crippen LogP contribution in [0.25, 0.3) is 17.3 Å². The zero-order valence-electron chi connectivity index (χ0n) is 19.3. The first-order valence-corrected chi connectivity index (χ1v) is 12.9. The number of rotatable bonds is 5. The lowest BCUT2D eigenvalue weighted by Gasteiger charge is -2.50. The van der Waals surface area contributed by atoms with Crippen molar-refractivity contribution in [3.05, 3.63) is 75.0 Å². The molecule has 1 N–H and O–H groups in total. The number of aromatic nitrogens is 1. The Hall–Kier alpha value is -2.76. The number of carbonyl (C=O) groups is 1. The Bertz CT molecular complexity index is 1290. The minimum atomic E-state index is -0.888. The molecule has 0 atom stereocenters. The van der Waals surface area contributed by atoms with Crippen LogP contribution in [0.2, 0.25) is 10.0 Å². The highest BCUT2D eigenvalue weighted by Gasteiger charge is 2.43. The molecule has 1 aliphatic heterocycles. The van der Waals surface area contributed by atoms with Crippen molar-refractivity contribution in [2.45, 2.75) is 44.4 Å². The molecular weight excluding hydrogens is 483 g/mol. The first-order chi connectivity index (χ1) is 16.9. The van der Waals surface area contributed by atoms with Crippen LogP contribution in [0.1, 0.15) is 66.1 Å². The molecule has 2 aliphatic carbocycles. The molecular formula is C28H26Cl2N2O3. The van der Waals surface area contributed by atoms with E-state index in [9.17, 15) is 4.79 Å². The molecule has 0 radical (unpaired) electrons. The van der Waals surface area contributed by atoms with E-state index in [1.54, 1.807) is 12.1 Å². The number of carboxylic acids is 1. The van der Waals surface area contributed by atoms with Crippen LogP contribution in [0.3, 0.4) is 0 Å². The predicted octanol–water partition coefficient (Wildman–Crippen LogP) is 7.69. The number of nitrogens with zero attached hydrogens (tertiary/aromatic N) is 2. The molecule has 0 bridgehead atoms. The fourth-order valence-corrected chi connectivity index (χ4v) is 6.20. The highest BCUT2D eigenvalue weighted by Crippen LogP contribution is 2.54. The smallest absolute Gasteiger partial charge is 0.335 e. The summed E-state index contributed by atoms with van der Waals surface area (Å²) in [4.78, 5) is 13.5. The van der Waals surface area contributed by atoms with Crippen LogP contribution >= 0.6 is 23.2 Å². The minimum absolute atomic E-state index is 0.327. The number of carboxylic acid groups (broad SMARTS) is 1. The molecule has 3 aromatic rings. The number of allylic oxidation sites excluding steroid dienone is 1. The minimum Gasteiger partial charge on any atom is -0.478 e. The summed E-state index contributed by atoms with van der Waals surface area (Å²) in [6.45, 7) is 1.97. The maximum atomic E-state index is 11.1. The van der Waals surface area contributed by atoms with Crippen LogP contribution in [0.4, 0.5) is 5.69 Å². The molecule has 0 unspecified atom stereocenters. The van der Waals surface area contributed by atoms with Gasteiger partial charge in [-0.1, -0.05) is 40.0 Å². The van der Waals surface area contributed by atoms with Gasteiger partial charge in [-0.2, -0.15) is 0 Å². The van der Waals surface area contributed by atoms with Gasteiger partial charge in [0.05, 0.1) is 15.6 Å². The Morgan fingerprint density at radius 2 is 1.71 bits per heavy atom. The number of benzene rings is 2. The van der Waals surface area contributed by atoms with Crippen molar-refractivity contribution in [2.75, 3.05) is 18.0 Å². The largest absolute Gasteiger partial charge is 0.478 e. The standard InChI is InChI=1S/C28H26Cl2N2O3/c29-22-2-1-3-23(30)24(22)25-21(26(35-31-25)18-4-5-18)14-17-15-28(16-17)10-12-32(13-11-28)20-8-6-19(7-9-20)27(33)34/h1-3,6-9,14,18H,4-5,10-13,15-16H2,(H,33,34). The zero-order chi connectivity index (χ0) is 24.2. The first-order valence-electron chi connectivity index (χ1n) is 12.1. The first kappa shape index (κ1) is 22.7. The molecule has 5 nitrogen and oxygen atoms in total. The Kier molecular flexibility index (Phi) is 5.65. The topological polar surface area (TPSA) is 66.6 Å². The lowest BCUT2D eigenvalue weighted by molar-refractivity contribution is 0.0697. The molecule has 1 saturated heterocycles. The Morgan fingerprint density at radius 3 is 2.31 bits per heavy atom. The van der Waals surface area contributed by atoms with Crippen LogP contribution in [0, 0.1) is 5.41 Å². The van der Waals surface area contributed by atoms with Crippen LogP contribution in [0.5, 0.6) is 0 Å². The molecule has 7 heteroatoms. The second-order valence-electron chi connectivity index (χ2n) is 10.2. The fourth-order valence-electron chi connectivity index (χ4n) is 5.62. The third-order valence-corrected chi connectivity index (χ3v) is 8.39. The van der Waals surface area contributed by atoms with Crippen molar-refractivity contribution in [2.24, 2.45) is 5.41 Å². The molecule has 3 fully saturated rings. The lowest BCUT2D eigenvalue weighted by Crippen LogP contribution is -2.44. The third kappa shape index (κ3) is 4.25. The van der Waals surface area contributed by atoms with Gasteiger partial charge in [0.25, 0.3) is 0 Å². The fraction of sp³-hybridized carbons (Fsp3) is 0.357. The molecule has 3 aliphatic rings. The third-order valence-electron chi connectivity index (χ3n) is 7.76. The van der Waals surface area contributed by atoms with Gasteiger partial charge in [0.15, 0.2) is 0 Å². The summed E-state index contributed by atoms with van der Waals surface area (Å²) in [5.41, 5.74) is 5.74. The molecule has 1 aromatic heterocycles. The maximum absolute atomic E-state index is 11.1. The van der Waals surface area contributed by atoms with Gasteiger partial charge in [-0.3, -0.25) is 0 Å². The normalized spacial score (nSPS) is 19.0. The SMILES string of the molecule is O=C(O)c1ccc(N2CCC3(CC2)CC(=Cc2c(-c4c(Cl)cccc4Cl)noc2C2CC2)C3)cc1. The number of aromatic carboxylic acids is 1. The number of anilines is 1. The number of halogens is 2. The van der Waals surface area contributed by atoms with Crippen LogP contribution < -0.4 is 4.90 Å². The highest BCUT2D eigenvalue weighted by atomic mass is 35.5. The summed E-state index contributed by atoms with van der Waals surface area (Å²) >= 11 is 13.0. The van der Waals surface area contributed by atoms with Gasteiger partial charge in [-0.25, -0.2) is 4.79 Å². The van der Waals surface area contributed by atoms with Gasteiger partial charge in [0.1, 0.15) is 11.5 Å². The monoisotopic (exact) mass is 508 g/mol. The average molecular weight is 509 g/mol. The second kappa shape index (κ2) is 8.72. The summed E-state index contributed by atoms with van der Waals surface area (Å²) in [6.07, 6.45) is 8.98. The van der Waals surface area contributed by atoms with E-state index in [2.05, 4.69) is 16.1 Å². The molecule has 2 saturated carbocycles. The quantitative estimate of drug-likeness (QED) is 0.382. The molecule has 2 aromatic carbocycles. The molecule has 2 heterocycles. The molecule has 35 heavy (non-hydrogen) atoms. The Balaban J connectivity index is 1.18. The van der Waals surface area contributed by atoms with Crippen molar-refractivity contribution in [3.8, 4) is 11.3 Å². The van der Waals surface area contributed by atoms with Crippen molar-refractivity contribution < 1.29 is 14.4 Å². The van der Waals surface area contributed by atoms with Gasteiger partial charge >= 0.3 is 5.97 Å². The second-order valence-corrected chi connectivity index (χ2v) is 11.0. The molecule has 1 spiro atoms. The summed E-state index contributed by atoms with van der Waals surface area (Å²) in [5, 5.41) is 14.7. The van der Waals surface area contributed by atoms with Crippen LogP contribution in [-0.4, -0.2) is 29.3 Å². The number of hydrogen-bond acceptors (Lipinski definition) is 4. The van der Waals surface area contributed by atoms with Gasteiger partial charge in [-0.05, 0) is 86.4 Å². The average Bonchev–Trinajstić information content (AvgIpc) is 3.60. The van der Waals surface area contributed by atoms with Gasteiger partial charge < -0.3 is 14.5 Å². The van der Waals surface area contributed by atoms with E-state index in [1.807, 2.05) is 30.3 Å². The Labute approximate surface area is 214 Å². The van der Waals surface area contributed by atoms with E-state index in [0.29, 0.717) is 26.9 Å². The summed E-state index contributed by atoms with van der Waals surface area (Å²) in [7, 11) is 0. The summed E-state index contributed by atoms with van der Waals surface area (Å²) in [6, 6.07) is 12.7. The summed E-state index contributed by atoms with van der Waals surface area (Å²) in [5.74, 6) is 0.513. The van der Waals surface area contributed by atoms with E-state index < -0.39 is 5.97 Å². The van der Waals surface area contributed by atoms with E-state index >= 15 is 0 Å². The van der Waals surface area contributed by atoms with Crippen molar-refractivity contribution in [1.29, 1.82) is 0 Å². The van der Waals surface area contributed by atoms with Crippen molar-refractivity contribution in [3.63, 3.8) is 0 Å². The number of piperidine rings is 1. The van der Waals surface area contributed by atoms with Gasteiger partial charge in [0.2, 0.25) is 0 Å². The van der Waals surface area contributed by atoms with Crippen molar-refractivity contribution in [1.82, 2.24) is 5.16 Å². The van der Waals surface area contributed by atoms with Crippen LogP contribution in [-0.2, 0) is 0 Å². The lowest BCUT2D eigenvalue weighted by atomic mass is 9.60. The number of hydrogen-bond donors (Lipinski definition) is 1. The maximum Gasteiger partial charge on any atom is 0.335 e. The van der Waals surface area contributed by atoms with E-state index in [-0.39, 0.29) is 0 Å². The summed E-state index contributed by atoms with van der Waals surface area (Å²) < 4.78 is 5.82. The molecule has 6 rings (SSSR count). The highest BCUT2D eigenvalue weighted by molar-refractivity contribution is 6.39. The van der Waals surface area contributed by atoms with Crippen LogP contribution in [0.15, 0.2) is 52.6 Å². The van der Waals surface area contributed by atoms with Gasteiger partial charge in [-0.15, -0.1) is 0 Å². The molecule has 180 valence electrons. The van der Waals surface area contributed by atoms with E-state index in [4.69, 9.17) is 32.8 Å². The molecule has 0 amide bonds. The Morgan fingerprint density at radius 1 is 1.06 bits per heavy atom. The predicted molar refractivity (Wildman–Crippen MR) is 138 cm³/mol. The van der Waals surface area contributed by atoms with Gasteiger partial charge in [0, 0.05) is 35.8 Å². The van der Waals surface area contributed by atoms with E-state index in [0.717, 1.165) is 79.9 Å². The zero-order valence-corrected chi connectivity index (χ0v) is 20.8. The van der Waals surface area contributed by atoms with Crippen molar-refractivity contribution >= 4 is 40.9 Å².